The number of nitrogens with two attached hydrogens (primary N) is 2. The van der Waals surface area contributed by atoms with E-state index in [-0.39, 0.29) is 23.9 Å². The molecule has 0 unspecified atom stereocenters. The number of hydrogen-bond acceptors (Lipinski definition) is 7. The van der Waals surface area contributed by atoms with Gasteiger partial charge < -0.3 is 22.1 Å². The van der Waals surface area contributed by atoms with E-state index in [4.69, 9.17) is 11.5 Å². The van der Waals surface area contributed by atoms with Crippen molar-refractivity contribution in [2.24, 2.45) is 12.8 Å². The van der Waals surface area contributed by atoms with E-state index in [9.17, 15) is 9.18 Å². The number of nitrogen functional groups attached to an aromatic ring is 1. The number of carbonyl (C=O) groups excluding carboxylic acids is 1. The first-order valence-corrected chi connectivity index (χ1v) is 7.62. The van der Waals surface area contributed by atoms with Crippen LogP contribution in [-0.4, -0.2) is 25.7 Å². The Balaban J connectivity index is 1.83. The normalized spacial score (nSPS) is 10.5. The minimum absolute atomic E-state index is 0.0930. The van der Waals surface area contributed by atoms with Gasteiger partial charge >= 0.3 is 0 Å². The second-order valence-corrected chi connectivity index (χ2v) is 5.55. The number of nitrogens with one attached hydrogen (secondary N) is 2. The van der Waals surface area contributed by atoms with Crippen molar-refractivity contribution in [3.8, 4) is 0 Å². The van der Waals surface area contributed by atoms with Gasteiger partial charge in [0.2, 0.25) is 5.95 Å². The van der Waals surface area contributed by atoms with Gasteiger partial charge in [-0.15, -0.1) is 0 Å². The summed E-state index contributed by atoms with van der Waals surface area (Å²) in [5, 5.41) is 9.90. The van der Waals surface area contributed by atoms with Gasteiger partial charge in [0.05, 0.1) is 17.4 Å². The van der Waals surface area contributed by atoms with Gasteiger partial charge in [-0.25, -0.2) is 9.37 Å². The van der Waals surface area contributed by atoms with Gasteiger partial charge in [-0.3, -0.25) is 9.48 Å². The van der Waals surface area contributed by atoms with Crippen molar-refractivity contribution in [2.45, 2.75) is 6.54 Å². The highest BCUT2D eigenvalue weighted by atomic mass is 19.1. The largest absolute Gasteiger partial charge is 0.399 e. The highest BCUT2D eigenvalue weighted by molar-refractivity contribution is 5.97. The van der Waals surface area contributed by atoms with E-state index in [1.165, 1.54) is 12.3 Å². The smallest absolute Gasteiger partial charge is 0.254 e. The molecule has 0 spiro atoms. The molecule has 2 heterocycles. The van der Waals surface area contributed by atoms with E-state index in [1.807, 2.05) is 0 Å². The third kappa shape index (κ3) is 3.86. The molecule has 0 radical (unpaired) electrons. The minimum atomic E-state index is -0.696. The molecule has 0 aliphatic carbocycles. The highest BCUT2D eigenvalue weighted by Crippen LogP contribution is 2.19. The maximum Gasteiger partial charge on any atom is 0.254 e. The van der Waals surface area contributed by atoms with Gasteiger partial charge in [0.25, 0.3) is 5.91 Å². The van der Waals surface area contributed by atoms with Gasteiger partial charge in [-0.05, 0) is 12.1 Å². The predicted molar refractivity (Wildman–Crippen MR) is 95.2 cm³/mol. The second kappa shape index (κ2) is 7.05. The quantitative estimate of drug-likeness (QED) is 0.490. The number of amides is 1. The number of carbonyl (C=O) groups is 1. The molecule has 0 fully saturated rings. The van der Waals surface area contributed by atoms with Crippen LogP contribution in [0.1, 0.15) is 15.9 Å². The number of halogens is 1. The van der Waals surface area contributed by atoms with E-state index in [0.29, 0.717) is 16.9 Å². The number of nitrogens with zero attached hydrogens (tertiary/aromatic N) is 4. The Morgan fingerprint density at radius 2 is 2.15 bits per heavy atom. The standard InChI is InChI=1S/C16H17FN8O/c1-25-8-11(6-22-25)23-16-21-7-12(14(19)26)15(24-16)20-5-9-2-3-10(18)4-13(9)17/h2-4,6-8H,5,18H2,1H3,(H2,19,26)(H2,20,21,23,24). The average molecular weight is 356 g/mol. The SMILES string of the molecule is Cn1cc(Nc2ncc(C(N)=O)c(NCc3ccc(N)cc3F)n2)cn1. The van der Waals surface area contributed by atoms with Crippen molar-refractivity contribution in [1.29, 1.82) is 0 Å². The third-order valence-electron chi connectivity index (χ3n) is 3.54. The summed E-state index contributed by atoms with van der Waals surface area (Å²) in [6.07, 6.45) is 4.64. The summed E-state index contributed by atoms with van der Waals surface area (Å²) >= 11 is 0. The lowest BCUT2D eigenvalue weighted by molar-refractivity contribution is 0.100. The summed E-state index contributed by atoms with van der Waals surface area (Å²) in [6, 6.07) is 4.36. The first-order chi connectivity index (χ1) is 12.4. The van der Waals surface area contributed by atoms with Crippen LogP contribution in [0.25, 0.3) is 0 Å². The van der Waals surface area contributed by atoms with Crippen molar-refractivity contribution in [3.05, 3.63) is 53.7 Å². The molecule has 0 saturated heterocycles. The monoisotopic (exact) mass is 356 g/mol. The summed E-state index contributed by atoms with van der Waals surface area (Å²) in [5.41, 5.74) is 12.4. The zero-order valence-electron chi connectivity index (χ0n) is 13.9. The first kappa shape index (κ1) is 17.1. The molecular formula is C16H17FN8O. The number of benzene rings is 1. The maximum absolute atomic E-state index is 13.9. The molecule has 0 atom stereocenters. The van der Waals surface area contributed by atoms with Crippen LogP contribution in [0.3, 0.4) is 0 Å². The lowest BCUT2D eigenvalue weighted by Crippen LogP contribution is -2.17. The molecule has 3 rings (SSSR count). The summed E-state index contributed by atoms with van der Waals surface area (Å²) in [5.74, 6) is -0.725. The van der Waals surface area contributed by atoms with E-state index < -0.39 is 11.7 Å². The van der Waals surface area contributed by atoms with Gasteiger partial charge in [-0.1, -0.05) is 6.07 Å². The Hall–Kier alpha value is -3.69. The lowest BCUT2D eigenvalue weighted by atomic mass is 10.2. The molecule has 0 aliphatic heterocycles. The van der Waals surface area contributed by atoms with Crippen LogP contribution in [0, 0.1) is 5.82 Å². The molecule has 9 nitrogen and oxygen atoms in total. The number of rotatable bonds is 6. The minimum Gasteiger partial charge on any atom is -0.399 e. The van der Waals surface area contributed by atoms with Gasteiger partial charge in [-0.2, -0.15) is 10.1 Å². The Morgan fingerprint density at radius 3 is 2.81 bits per heavy atom. The second-order valence-electron chi connectivity index (χ2n) is 5.55. The van der Waals surface area contributed by atoms with Crippen molar-refractivity contribution < 1.29 is 9.18 Å². The fraction of sp³-hybridized carbons (Fsp3) is 0.125. The van der Waals surface area contributed by atoms with Crippen LogP contribution in [0.5, 0.6) is 0 Å². The predicted octanol–water partition coefficient (Wildman–Crippen LogP) is 1.39. The molecular weight excluding hydrogens is 339 g/mol. The number of aromatic nitrogens is 4. The zero-order valence-corrected chi connectivity index (χ0v) is 13.9. The van der Waals surface area contributed by atoms with Gasteiger partial charge in [0.15, 0.2) is 0 Å². The average Bonchev–Trinajstić information content (AvgIpc) is 2.99. The molecule has 2 aromatic heterocycles. The Bertz CT molecular complexity index is 955. The lowest BCUT2D eigenvalue weighted by Gasteiger charge is -2.11. The molecule has 0 bridgehead atoms. The van der Waals surface area contributed by atoms with Gasteiger partial charge in [0, 0.05) is 37.2 Å². The molecule has 134 valence electrons. The Morgan fingerprint density at radius 1 is 1.35 bits per heavy atom. The summed E-state index contributed by atoms with van der Waals surface area (Å²) in [6.45, 7) is 0.0930. The number of anilines is 4. The van der Waals surface area contributed by atoms with E-state index in [1.54, 1.807) is 36.3 Å². The molecule has 26 heavy (non-hydrogen) atoms. The number of hydrogen-bond donors (Lipinski definition) is 4. The Labute approximate surface area is 148 Å². The van der Waals surface area contributed by atoms with E-state index >= 15 is 0 Å². The van der Waals surface area contributed by atoms with Crippen LogP contribution in [0.4, 0.5) is 27.5 Å². The highest BCUT2D eigenvalue weighted by Gasteiger charge is 2.13. The molecule has 1 aromatic carbocycles. The van der Waals surface area contributed by atoms with Crippen molar-refractivity contribution >= 4 is 29.0 Å². The van der Waals surface area contributed by atoms with Crippen LogP contribution >= 0.6 is 0 Å². The summed E-state index contributed by atoms with van der Waals surface area (Å²) in [7, 11) is 1.77. The Kier molecular flexibility index (Phi) is 4.65. The molecule has 10 heteroatoms. The molecule has 0 aliphatic rings. The van der Waals surface area contributed by atoms with E-state index in [2.05, 4.69) is 25.7 Å². The van der Waals surface area contributed by atoms with E-state index in [0.717, 1.165) is 0 Å². The molecule has 0 saturated carbocycles. The summed E-state index contributed by atoms with van der Waals surface area (Å²) in [4.78, 5) is 19.9. The van der Waals surface area contributed by atoms with Gasteiger partial charge in [0.1, 0.15) is 11.6 Å². The van der Waals surface area contributed by atoms with Crippen LogP contribution < -0.4 is 22.1 Å². The van der Waals surface area contributed by atoms with Crippen molar-refractivity contribution in [3.63, 3.8) is 0 Å². The summed E-state index contributed by atoms with van der Waals surface area (Å²) < 4.78 is 15.5. The zero-order chi connectivity index (χ0) is 18.7. The fourth-order valence-corrected chi connectivity index (χ4v) is 2.26. The topological polar surface area (TPSA) is 137 Å². The first-order valence-electron chi connectivity index (χ1n) is 7.62. The van der Waals surface area contributed by atoms with Crippen LogP contribution in [0.15, 0.2) is 36.8 Å². The fourth-order valence-electron chi connectivity index (χ4n) is 2.26. The van der Waals surface area contributed by atoms with Crippen LogP contribution in [0.2, 0.25) is 0 Å². The van der Waals surface area contributed by atoms with Crippen LogP contribution in [-0.2, 0) is 13.6 Å². The third-order valence-corrected chi connectivity index (χ3v) is 3.54. The molecule has 1 amide bonds. The van der Waals surface area contributed by atoms with Crippen molar-refractivity contribution in [2.75, 3.05) is 16.4 Å². The van der Waals surface area contributed by atoms with Crippen molar-refractivity contribution in [1.82, 2.24) is 19.7 Å². The number of primary amides is 1. The number of aryl methyl sites for hydroxylation is 1. The maximum atomic E-state index is 13.9. The molecule has 3 aromatic rings. The molecule has 6 N–H and O–H groups in total.